The lowest BCUT2D eigenvalue weighted by Gasteiger charge is -2.59. The first-order chi connectivity index (χ1) is 12.8. The van der Waals surface area contributed by atoms with Crippen LogP contribution in [0, 0.1) is 34.5 Å². The van der Waals surface area contributed by atoms with Crippen molar-refractivity contribution in [1.29, 1.82) is 0 Å². The Morgan fingerprint density at radius 3 is 2.78 bits per heavy atom. The minimum atomic E-state index is -0.884. The van der Waals surface area contributed by atoms with Crippen LogP contribution in [0.1, 0.15) is 65.2 Å². The number of rotatable bonds is 3. The van der Waals surface area contributed by atoms with E-state index in [4.69, 9.17) is 5.11 Å². The topological polar surface area (TPSA) is 74.6 Å². The smallest absolute Gasteiger partial charge is 0.327 e. The molecule has 0 aromatic heterocycles. The molecule has 148 valence electrons. The molecule has 0 aromatic carbocycles. The van der Waals surface area contributed by atoms with Crippen LogP contribution in [0.4, 0.5) is 0 Å². The summed E-state index contributed by atoms with van der Waals surface area (Å²) in [5, 5.41) is 20.2. The highest BCUT2D eigenvalue weighted by atomic mass is 16.4. The summed E-state index contributed by atoms with van der Waals surface area (Å²) in [4.78, 5) is 22.8. The summed E-state index contributed by atoms with van der Waals surface area (Å²) in [6, 6.07) is 0. The third-order valence-electron chi connectivity index (χ3n) is 8.77. The molecule has 0 bridgehead atoms. The van der Waals surface area contributed by atoms with Gasteiger partial charge in [0.25, 0.3) is 0 Å². The summed E-state index contributed by atoms with van der Waals surface area (Å²) in [5.41, 5.74) is 1.34. The predicted molar refractivity (Wildman–Crippen MR) is 103 cm³/mol. The fourth-order valence-electron chi connectivity index (χ4n) is 7.51. The van der Waals surface area contributed by atoms with Gasteiger partial charge in [-0.3, -0.25) is 4.79 Å². The van der Waals surface area contributed by atoms with Crippen LogP contribution in [-0.4, -0.2) is 28.1 Å². The first-order valence-corrected chi connectivity index (χ1v) is 10.6. The number of aliphatic hydroxyl groups is 1. The van der Waals surface area contributed by atoms with Gasteiger partial charge in [0, 0.05) is 12.5 Å². The van der Waals surface area contributed by atoms with Gasteiger partial charge in [-0.2, -0.15) is 0 Å². The maximum Gasteiger partial charge on any atom is 0.327 e. The zero-order chi connectivity index (χ0) is 19.4. The van der Waals surface area contributed by atoms with E-state index >= 15 is 0 Å². The predicted octanol–water partition coefficient (Wildman–Crippen LogP) is 4.14. The summed E-state index contributed by atoms with van der Waals surface area (Å²) >= 11 is 0. The molecule has 0 heterocycles. The largest absolute Gasteiger partial charge is 0.478 e. The number of aliphatic carboxylic acids is 1. The Kier molecular flexibility index (Phi) is 4.61. The molecule has 4 heteroatoms. The van der Waals surface area contributed by atoms with E-state index in [0.717, 1.165) is 38.5 Å². The molecule has 7 unspecified atom stereocenters. The standard InChI is InChI=1S/C23H32O4/c1-22-11-10-16(24)12-15(22)6-8-17-18-9-7-14(4-3-5-20(26)27)23(18,2)13-19(25)21(17)22/h3,5,12,14,17-19,21,25H,4,6-11,13H2,1-2H3,(H,26,27)/b5-3+. The molecule has 0 aromatic rings. The summed E-state index contributed by atoms with van der Waals surface area (Å²) in [6.45, 7) is 4.62. The van der Waals surface area contributed by atoms with Gasteiger partial charge in [-0.1, -0.05) is 25.5 Å². The first-order valence-electron chi connectivity index (χ1n) is 10.6. The molecule has 4 rings (SSSR count). The van der Waals surface area contributed by atoms with Crippen LogP contribution in [0.5, 0.6) is 0 Å². The monoisotopic (exact) mass is 372 g/mol. The average Bonchev–Trinajstić information content (AvgIpc) is 2.91. The molecule has 2 N–H and O–H groups in total. The van der Waals surface area contributed by atoms with Crippen LogP contribution in [0.15, 0.2) is 23.8 Å². The van der Waals surface area contributed by atoms with Crippen molar-refractivity contribution in [3.63, 3.8) is 0 Å². The second kappa shape index (κ2) is 6.58. The Morgan fingerprint density at radius 1 is 1.26 bits per heavy atom. The molecule has 7 atom stereocenters. The molecule has 0 spiro atoms. The van der Waals surface area contributed by atoms with Crippen molar-refractivity contribution in [3.8, 4) is 0 Å². The first kappa shape index (κ1) is 18.9. The lowest BCUT2D eigenvalue weighted by atomic mass is 9.46. The number of fused-ring (bicyclic) bond motifs is 5. The zero-order valence-corrected chi connectivity index (χ0v) is 16.5. The second-order valence-corrected chi connectivity index (χ2v) is 9.92. The zero-order valence-electron chi connectivity index (χ0n) is 16.5. The maximum absolute atomic E-state index is 11.9. The van der Waals surface area contributed by atoms with Crippen molar-refractivity contribution in [1.82, 2.24) is 0 Å². The van der Waals surface area contributed by atoms with Crippen molar-refractivity contribution in [2.24, 2.45) is 34.5 Å². The van der Waals surface area contributed by atoms with Crippen molar-refractivity contribution in [2.75, 3.05) is 0 Å². The van der Waals surface area contributed by atoms with Crippen LogP contribution >= 0.6 is 0 Å². The quantitative estimate of drug-likeness (QED) is 0.730. The third kappa shape index (κ3) is 2.91. The molecule has 4 aliphatic carbocycles. The summed E-state index contributed by atoms with van der Waals surface area (Å²) in [7, 11) is 0. The van der Waals surface area contributed by atoms with Crippen LogP contribution in [0.2, 0.25) is 0 Å². The minimum Gasteiger partial charge on any atom is -0.478 e. The number of allylic oxidation sites excluding steroid dienone is 2. The average molecular weight is 373 g/mol. The number of carbonyl (C=O) groups is 2. The normalized spacial score (nSPS) is 46.6. The Balaban J connectivity index is 1.61. The highest BCUT2D eigenvalue weighted by molar-refractivity contribution is 5.91. The fourth-order valence-corrected chi connectivity index (χ4v) is 7.51. The highest BCUT2D eigenvalue weighted by Gasteiger charge is 2.61. The van der Waals surface area contributed by atoms with E-state index in [1.165, 1.54) is 18.1 Å². The van der Waals surface area contributed by atoms with Gasteiger partial charge >= 0.3 is 5.97 Å². The molecule has 3 saturated carbocycles. The molecule has 4 nitrogen and oxygen atoms in total. The van der Waals surface area contributed by atoms with Gasteiger partial charge in [-0.25, -0.2) is 4.79 Å². The van der Waals surface area contributed by atoms with E-state index < -0.39 is 5.97 Å². The molecule has 4 aliphatic rings. The number of aliphatic hydroxyl groups excluding tert-OH is 1. The molecule has 0 aliphatic heterocycles. The number of hydrogen-bond acceptors (Lipinski definition) is 3. The van der Waals surface area contributed by atoms with Gasteiger partial charge < -0.3 is 10.2 Å². The van der Waals surface area contributed by atoms with Gasteiger partial charge in [0.1, 0.15) is 0 Å². The molecular weight excluding hydrogens is 340 g/mol. The number of carbonyl (C=O) groups excluding carboxylic acids is 1. The Labute approximate surface area is 161 Å². The van der Waals surface area contributed by atoms with E-state index in [1.54, 1.807) is 6.08 Å². The number of hydrogen-bond donors (Lipinski definition) is 2. The maximum atomic E-state index is 11.9. The molecule has 27 heavy (non-hydrogen) atoms. The summed E-state index contributed by atoms with van der Waals surface area (Å²) in [5.74, 6) is 1.20. The number of carboxylic acids is 1. The van der Waals surface area contributed by atoms with Gasteiger partial charge in [0.05, 0.1) is 6.10 Å². The van der Waals surface area contributed by atoms with Gasteiger partial charge in [-0.15, -0.1) is 0 Å². The van der Waals surface area contributed by atoms with Crippen LogP contribution in [0.25, 0.3) is 0 Å². The van der Waals surface area contributed by atoms with E-state index in [0.29, 0.717) is 24.2 Å². The molecule has 3 fully saturated rings. The molecule has 0 saturated heterocycles. The van der Waals surface area contributed by atoms with Crippen LogP contribution < -0.4 is 0 Å². The summed E-state index contributed by atoms with van der Waals surface area (Å²) in [6.07, 6.45) is 12.1. The fraction of sp³-hybridized carbons (Fsp3) is 0.739. The SMILES string of the molecule is CC12CCC(=O)C=C1CCC1C2C(O)CC2(C)C(C/C=C/C(=O)O)CCC12. The van der Waals surface area contributed by atoms with E-state index in [9.17, 15) is 14.7 Å². The molecule has 0 radical (unpaired) electrons. The van der Waals surface area contributed by atoms with Gasteiger partial charge in [0.2, 0.25) is 0 Å². The summed E-state index contributed by atoms with van der Waals surface area (Å²) < 4.78 is 0. The van der Waals surface area contributed by atoms with E-state index in [2.05, 4.69) is 13.8 Å². The lowest BCUT2D eigenvalue weighted by Crippen LogP contribution is -2.56. The highest BCUT2D eigenvalue weighted by Crippen LogP contribution is 2.67. The van der Waals surface area contributed by atoms with Crippen LogP contribution in [-0.2, 0) is 9.59 Å². The van der Waals surface area contributed by atoms with Crippen molar-refractivity contribution in [3.05, 3.63) is 23.8 Å². The Bertz CT molecular complexity index is 707. The second-order valence-electron chi connectivity index (χ2n) is 9.92. The van der Waals surface area contributed by atoms with Crippen molar-refractivity contribution >= 4 is 11.8 Å². The van der Waals surface area contributed by atoms with Gasteiger partial charge in [0.15, 0.2) is 5.78 Å². The van der Waals surface area contributed by atoms with E-state index in [-0.39, 0.29) is 28.6 Å². The van der Waals surface area contributed by atoms with Crippen molar-refractivity contribution in [2.45, 2.75) is 71.3 Å². The minimum absolute atomic E-state index is 0.0289. The molecular formula is C23H32O4. The number of ketones is 1. The Hall–Kier alpha value is -1.42. The van der Waals surface area contributed by atoms with Gasteiger partial charge in [-0.05, 0) is 85.5 Å². The Morgan fingerprint density at radius 2 is 2.04 bits per heavy atom. The van der Waals surface area contributed by atoms with Crippen LogP contribution in [0.3, 0.4) is 0 Å². The third-order valence-corrected chi connectivity index (χ3v) is 8.77. The molecule has 0 amide bonds. The van der Waals surface area contributed by atoms with E-state index in [1.807, 2.05) is 6.08 Å². The van der Waals surface area contributed by atoms with Crippen molar-refractivity contribution < 1.29 is 19.8 Å². The number of carboxylic acid groups (broad SMARTS) is 1. The lowest BCUT2D eigenvalue weighted by molar-refractivity contribution is -0.133.